The Morgan fingerprint density at radius 1 is 0.944 bits per heavy atom. The molecule has 18 heavy (non-hydrogen) atoms. The summed E-state index contributed by atoms with van der Waals surface area (Å²) in [6, 6.07) is 0.238. The van der Waals surface area contributed by atoms with Gasteiger partial charge in [0.15, 0.2) is 0 Å². The largest absolute Gasteiger partial charge is 0.353 e. The Morgan fingerprint density at radius 3 is 2.06 bits per heavy atom. The van der Waals surface area contributed by atoms with Crippen LogP contribution in [0.25, 0.3) is 0 Å². The maximum absolute atomic E-state index is 11.3. The van der Waals surface area contributed by atoms with E-state index >= 15 is 0 Å². The van der Waals surface area contributed by atoms with Crippen LogP contribution < -0.4 is 10.6 Å². The SMILES string of the molecule is CCCCCCCCCCNCC(=O)NC(C)C. The van der Waals surface area contributed by atoms with Crippen molar-refractivity contribution in [1.82, 2.24) is 10.6 Å². The van der Waals surface area contributed by atoms with Gasteiger partial charge >= 0.3 is 0 Å². The van der Waals surface area contributed by atoms with Crippen LogP contribution in [0.3, 0.4) is 0 Å². The van der Waals surface area contributed by atoms with Crippen LogP contribution in [0.2, 0.25) is 0 Å². The van der Waals surface area contributed by atoms with Crippen LogP contribution in [-0.2, 0) is 4.79 Å². The number of unbranched alkanes of at least 4 members (excludes halogenated alkanes) is 7. The molecule has 3 heteroatoms. The lowest BCUT2D eigenvalue weighted by Gasteiger charge is -2.09. The first-order valence-electron chi connectivity index (χ1n) is 7.67. The highest BCUT2D eigenvalue weighted by Crippen LogP contribution is 2.07. The summed E-state index contributed by atoms with van der Waals surface area (Å²) in [5, 5.41) is 6.06. The van der Waals surface area contributed by atoms with Gasteiger partial charge in [-0.3, -0.25) is 4.79 Å². The molecule has 0 unspecified atom stereocenters. The normalized spacial score (nSPS) is 10.9. The molecule has 0 fully saturated rings. The van der Waals surface area contributed by atoms with Crippen LogP contribution in [-0.4, -0.2) is 25.0 Å². The molecule has 0 aromatic heterocycles. The Kier molecular flexibility index (Phi) is 12.5. The van der Waals surface area contributed by atoms with Gasteiger partial charge in [0.25, 0.3) is 0 Å². The molecule has 0 spiro atoms. The van der Waals surface area contributed by atoms with Crippen molar-refractivity contribution in [1.29, 1.82) is 0 Å². The van der Waals surface area contributed by atoms with E-state index in [4.69, 9.17) is 0 Å². The van der Waals surface area contributed by atoms with Crippen LogP contribution in [0.1, 0.15) is 72.1 Å². The van der Waals surface area contributed by atoms with Crippen LogP contribution >= 0.6 is 0 Å². The predicted molar refractivity (Wildman–Crippen MR) is 78.8 cm³/mol. The topological polar surface area (TPSA) is 41.1 Å². The fraction of sp³-hybridized carbons (Fsp3) is 0.933. The van der Waals surface area contributed by atoms with Crippen molar-refractivity contribution in [2.75, 3.05) is 13.1 Å². The summed E-state index contributed by atoms with van der Waals surface area (Å²) in [6.07, 6.45) is 10.7. The molecule has 0 heterocycles. The molecule has 2 N–H and O–H groups in total. The number of carbonyl (C=O) groups excluding carboxylic acids is 1. The molecule has 0 saturated carbocycles. The van der Waals surface area contributed by atoms with Crippen molar-refractivity contribution in [2.45, 2.75) is 78.2 Å². The van der Waals surface area contributed by atoms with E-state index in [1.54, 1.807) is 0 Å². The predicted octanol–water partition coefficient (Wildman–Crippen LogP) is 3.24. The van der Waals surface area contributed by atoms with Gasteiger partial charge in [-0.15, -0.1) is 0 Å². The second kappa shape index (κ2) is 12.9. The van der Waals surface area contributed by atoms with Crippen molar-refractivity contribution in [3.8, 4) is 0 Å². The number of amides is 1. The van der Waals surface area contributed by atoms with Crippen LogP contribution in [0, 0.1) is 0 Å². The minimum atomic E-state index is 0.101. The number of hydrogen-bond acceptors (Lipinski definition) is 2. The molecule has 0 aromatic carbocycles. The van der Waals surface area contributed by atoms with Crippen molar-refractivity contribution in [2.24, 2.45) is 0 Å². The smallest absolute Gasteiger partial charge is 0.234 e. The first kappa shape index (κ1) is 17.4. The van der Waals surface area contributed by atoms with E-state index in [1.165, 1.54) is 51.4 Å². The lowest BCUT2D eigenvalue weighted by atomic mass is 10.1. The summed E-state index contributed by atoms with van der Waals surface area (Å²) in [5.74, 6) is 0.101. The highest BCUT2D eigenvalue weighted by atomic mass is 16.1. The van der Waals surface area contributed by atoms with Crippen molar-refractivity contribution in [3.63, 3.8) is 0 Å². The van der Waals surface area contributed by atoms with E-state index in [1.807, 2.05) is 13.8 Å². The molecule has 3 nitrogen and oxygen atoms in total. The number of rotatable bonds is 12. The summed E-state index contributed by atoms with van der Waals surface area (Å²) in [6.45, 7) is 7.63. The lowest BCUT2D eigenvalue weighted by Crippen LogP contribution is -2.37. The van der Waals surface area contributed by atoms with Gasteiger partial charge in [0.05, 0.1) is 6.54 Å². The lowest BCUT2D eigenvalue weighted by molar-refractivity contribution is -0.120. The standard InChI is InChI=1S/C15H32N2O/c1-4-5-6-7-8-9-10-11-12-16-13-15(18)17-14(2)3/h14,16H,4-13H2,1-3H3,(H,17,18). The second-order valence-corrected chi connectivity index (χ2v) is 5.37. The Bertz CT molecular complexity index is 193. The monoisotopic (exact) mass is 256 g/mol. The minimum absolute atomic E-state index is 0.101. The summed E-state index contributed by atoms with van der Waals surface area (Å²) >= 11 is 0. The van der Waals surface area contributed by atoms with Crippen molar-refractivity contribution < 1.29 is 4.79 Å². The molecule has 0 aromatic rings. The molecule has 0 atom stereocenters. The van der Waals surface area contributed by atoms with Gasteiger partial charge in [-0.2, -0.15) is 0 Å². The summed E-state index contributed by atoms with van der Waals surface area (Å²) in [4.78, 5) is 11.3. The summed E-state index contributed by atoms with van der Waals surface area (Å²) < 4.78 is 0. The van der Waals surface area contributed by atoms with Gasteiger partial charge in [0.2, 0.25) is 5.91 Å². The van der Waals surface area contributed by atoms with Gasteiger partial charge in [-0.05, 0) is 26.8 Å². The van der Waals surface area contributed by atoms with Gasteiger partial charge in [-0.25, -0.2) is 0 Å². The van der Waals surface area contributed by atoms with Crippen LogP contribution in [0.15, 0.2) is 0 Å². The maximum atomic E-state index is 11.3. The third-order valence-electron chi connectivity index (χ3n) is 2.94. The molecule has 0 bridgehead atoms. The molecule has 0 radical (unpaired) electrons. The molecule has 0 rings (SSSR count). The summed E-state index contributed by atoms with van der Waals surface area (Å²) in [5.41, 5.74) is 0. The quantitative estimate of drug-likeness (QED) is 0.526. The average Bonchev–Trinajstić information content (AvgIpc) is 2.30. The average molecular weight is 256 g/mol. The van der Waals surface area contributed by atoms with Gasteiger partial charge < -0.3 is 10.6 Å². The zero-order valence-electron chi connectivity index (χ0n) is 12.6. The van der Waals surface area contributed by atoms with E-state index in [2.05, 4.69) is 17.6 Å². The molecule has 0 aliphatic rings. The Balaban J connectivity index is 3.09. The second-order valence-electron chi connectivity index (χ2n) is 5.37. The third kappa shape index (κ3) is 13.5. The number of nitrogens with one attached hydrogen (secondary N) is 2. The van der Waals surface area contributed by atoms with Gasteiger partial charge in [-0.1, -0.05) is 51.9 Å². The molecular weight excluding hydrogens is 224 g/mol. The van der Waals surface area contributed by atoms with Crippen molar-refractivity contribution in [3.05, 3.63) is 0 Å². The van der Waals surface area contributed by atoms with E-state index in [9.17, 15) is 4.79 Å². The Labute approximate surface area is 113 Å². The zero-order valence-corrected chi connectivity index (χ0v) is 12.6. The maximum Gasteiger partial charge on any atom is 0.234 e. The molecule has 1 amide bonds. The fourth-order valence-electron chi connectivity index (χ4n) is 1.96. The van der Waals surface area contributed by atoms with Crippen molar-refractivity contribution >= 4 is 5.91 Å². The highest BCUT2D eigenvalue weighted by molar-refractivity contribution is 5.78. The zero-order chi connectivity index (χ0) is 13.6. The molecular formula is C15H32N2O. The van der Waals surface area contributed by atoms with E-state index in [0.29, 0.717) is 6.54 Å². The number of hydrogen-bond donors (Lipinski definition) is 2. The number of carbonyl (C=O) groups is 1. The first-order chi connectivity index (χ1) is 8.66. The summed E-state index contributed by atoms with van der Waals surface area (Å²) in [7, 11) is 0. The van der Waals surface area contributed by atoms with Gasteiger partial charge in [0, 0.05) is 6.04 Å². The molecule has 0 aliphatic heterocycles. The van der Waals surface area contributed by atoms with E-state index < -0.39 is 0 Å². The molecule has 0 saturated heterocycles. The van der Waals surface area contributed by atoms with Gasteiger partial charge in [0.1, 0.15) is 0 Å². The fourth-order valence-corrected chi connectivity index (χ4v) is 1.96. The molecule has 108 valence electrons. The van der Waals surface area contributed by atoms with Crippen LogP contribution in [0.5, 0.6) is 0 Å². The van der Waals surface area contributed by atoms with E-state index in [-0.39, 0.29) is 11.9 Å². The highest BCUT2D eigenvalue weighted by Gasteiger charge is 2.01. The Hall–Kier alpha value is -0.570. The minimum Gasteiger partial charge on any atom is -0.353 e. The van der Waals surface area contributed by atoms with E-state index in [0.717, 1.165) is 6.54 Å². The van der Waals surface area contributed by atoms with Crippen LogP contribution in [0.4, 0.5) is 0 Å². The first-order valence-corrected chi connectivity index (χ1v) is 7.67. The molecule has 0 aliphatic carbocycles. The third-order valence-corrected chi connectivity index (χ3v) is 2.94. The Morgan fingerprint density at radius 2 is 1.50 bits per heavy atom.